The average Bonchev–Trinajstić information content (AvgIpc) is 2.79. The van der Waals surface area contributed by atoms with Crippen molar-refractivity contribution in [2.24, 2.45) is 0 Å². The van der Waals surface area contributed by atoms with Gasteiger partial charge in [-0.05, 0) is 77.1 Å². The van der Waals surface area contributed by atoms with Crippen LogP contribution in [-0.4, -0.2) is 42.1 Å². The fourth-order valence-electron chi connectivity index (χ4n) is 2.99. The molecule has 0 saturated carbocycles. The maximum atomic E-state index is 10.3. The van der Waals surface area contributed by atoms with Crippen LogP contribution in [0.15, 0.2) is 36.4 Å². The molecule has 2 aromatic rings. The molecule has 0 amide bonds. The topological polar surface area (TPSA) is 47.9 Å². The van der Waals surface area contributed by atoms with Crippen molar-refractivity contribution in [3.8, 4) is 0 Å². The summed E-state index contributed by atoms with van der Waals surface area (Å²) in [6.07, 6.45) is 0. The van der Waals surface area contributed by atoms with E-state index in [2.05, 4.69) is 45.9 Å². The van der Waals surface area contributed by atoms with Crippen LogP contribution in [0.1, 0.15) is 55.4 Å². The van der Waals surface area contributed by atoms with E-state index in [1.165, 1.54) is 0 Å². The van der Waals surface area contributed by atoms with Gasteiger partial charge in [0.05, 0.1) is 22.4 Å². The summed E-state index contributed by atoms with van der Waals surface area (Å²) in [5.41, 5.74) is -0.505. The first kappa shape index (κ1) is 21.4. The average molecular weight is 381 g/mol. The van der Waals surface area contributed by atoms with Crippen molar-refractivity contribution in [2.75, 3.05) is 0 Å². The highest BCUT2D eigenvalue weighted by molar-refractivity contribution is 6.65. The van der Waals surface area contributed by atoms with Gasteiger partial charge < -0.3 is 19.1 Å². The molecule has 28 heavy (non-hydrogen) atoms. The summed E-state index contributed by atoms with van der Waals surface area (Å²) < 4.78 is 18.5. The van der Waals surface area contributed by atoms with E-state index in [1.807, 2.05) is 32.0 Å². The van der Waals surface area contributed by atoms with Gasteiger partial charge in [-0.2, -0.15) is 0 Å². The molecule has 1 radical (unpaired) electrons. The zero-order valence-corrected chi connectivity index (χ0v) is 18.3. The lowest BCUT2D eigenvalue weighted by Gasteiger charge is -2.37. The summed E-state index contributed by atoms with van der Waals surface area (Å²) in [7, 11) is 1.31. The second-order valence-electron chi connectivity index (χ2n) is 9.68. The lowest BCUT2D eigenvalue weighted by molar-refractivity contribution is -0.0893. The summed E-state index contributed by atoms with van der Waals surface area (Å²) in [6, 6.07) is 12.2. The van der Waals surface area contributed by atoms with E-state index >= 15 is 0 Å². The number of rotatable bonds is 5. The van der Waals surface area contributed by atoms with Crippen molar-refractivity contribution in [1.29, 1.82) is 0 Å². The quantitative estimate of drug-likeness (QED) is 0.810. The molecule has 149 valence electrons. The molecule has 1 aliphatic heterocycles. The van der Waals surface area contributed by atoms with E-state index < -0.39 is 18.3 Å². The predicted octanol–water partition coefficient (Wildman–Crippen LogP) is 2.95. The largest absolute Gasteiger partial charge is 0.495 e. The van der Waals surface area contributed by atoms with Gasteiger partial charge in [-0.3, -0.25) is 0 Å². The minimum Gasteiger partial charge on any atom is -0.427 e. The third kappa shape index (κ3) is 3.76. The first-order chi connectivity index (χ1) is 12.8. The van der Waals surface area contributed by atoms with Gasteiger partial charge in [0.1, 0.15) is 0 Å². The molecule has 0 aromatic heterocycles. The highest BCUT2D eigenvalue weighted by atomic mass is 16.7. The summed E-state index contributed by atoms with van der Waals surface area (Å²) in [6.45, 7) is 15.5. The van der Waals surface area contributed by atoms with Crippen LogP contribution >= 0.6 is 0 Å². The molecule has 0 unspecified atom stereocenters. The number of benzene rings is 2. The van der Waals surface area contributed by atoms with Crippen molar-refractivity contribution in [1.82, 2.24) is 0 Å². The maximum absolute atomic E-state index is 10.3. The Balaban J connectivity index is 1.94. The molecule has 4 nitrogen and oxygen atoms in total. The van der Waals surface area contributed by atoms with Crippen molar-refractivity contribution in [3.05, 3.63) is 36.4 Å². The highest BCUT2D eigenvalue weighted by Gasteiger charge is 2.52. The highest BCUT2D eigenvalue weighted by Crippen LogP contribution is 2.37. The van der Waals surface area contributed by atoms with E-state index in [0.717, 1.165) is 21.7 Å². The third-order valence-electron chi connectivity index (χ3n) is 6.45. The van der Waals surface area contributed by atoms with Crippen molar-refractivity contribution in [2.45, 2.75) is 77.8 Å². The number of aliphatic hydroxyl groups is 1. The number of hydrogen-bond acceptors (Lipinski definition) is 4. The van der Waals surface area contributed by atoms with E-state index in [1.54, 1.807) is 21.3 Å². The first-order valence-electron chi connectivity index (χ1n) is 9.86. The van der Waals surface area contributed by atoms with Crippen LogP contribution in [0.2, 0.25) is 0 Å². The molecule has 1 fully saturated rings. The molecule has 1 aliphatic rings. The Morgan fingerprint density at radius 3 is 2.00 bits per heavy atom. The van der Waals surface area contributed by atoms with E-state index in [9.17, 15) is 5.11 Å². The molecule has 1 N–H and O–H groups in total. The molecule has 0 aliphatic carbocycles. The minimum atomic E-state index is -0.970. The van der Waals surface area contributed by atoms with Crippen LogP contribution < -0.4 is 10.9 Å². The summed E-state index contributed by atoms with van der Waals surface area (Å²) >= 11 is 0. The Hall–Kier alpha value is -1.33. The van der Waals surface area contributed by atoms with Crippen LogP contribution in [-0.2, 0) is 14.0 Å². The number of fused-ring (bicyclic) bond motifs is 1. The Labute approximate surface area is 170 Å². The molecule has 2 aromatic carbocycles. The van der Waals surface area contributed by atoms with Gasteiger partial charge in [0.15, 0.2) is 0 Å². The molecular weight excluding hydrogens is 350 g/mol. The van der Waals surface area contributed by atoms with Crippen LogP contribution in [0.5, 0.6) is 0 Å². The van der Waals surface area contributed by atoms with Gasteiger partial charge >= 0.3 is 14.6 Å². The molecular formula is C22H31B2O4. The van der Waals surface area contributed by atoms with Gasteiger partial charge in [0, 0.05) is 0 Å². The standard InChI is InChI=1S/C22H31B2O4/c1-19(2,25)20(3,4)26-23-17-13-9-12-16-15(17)11-10-14-18(16)24-27-21(5,6)22(7,8)28-24/h9-14,25H,1-8H3. The van der Waals surface area contributed by atoms with Crippen LogP contribution in [0, 0.1) is 0 Å². The summed E-state index contributed by atoms with van der Waals surface area (Å²) in [5.74, 6) is 0. The summed E-state index contributed by atoms with van der Waals surface area (Å²) in [5, 5.41) is 12.5. The summed E-state index contributed by atoms with van der Waals surface area (Å²) in [4.78, 5) is 0. The third-order valence-corrected chi connectivity index (χ3v) is 6.45. The lowest BCUT2D eigenvalue weighted by Crippen LogP contribution is -2.49. The molecule has 3 rings (SSSR count). The monoisotopic (exact) mass is 381 g/mol. The van der Waals surface area contributed by atoms with Gasteiger partial charge in [-0.25, -0.2) is 0 Å². The van der Waals surface area contributed by atoms with Gasteiger partial charge in [0.25, 0.3) is 0 Å². The molecule has 1 saturated heterocycles. The molecule has 0 atom stereocenters. The molecule has 0 spiro atoms. The second-order valence-corrected chi connectivity index (χ2v) is 9.68. The smallest absolute Gasteiger partial charge is 0.427 e. The Bertz CT molecular complexity index is 852. The van der Waals surface area contributed by atoms with Crippen molar-refractivity contribution < 1.29 is 19.1 Å². The van der Waals surface area contributed by atoms with Crippen molar-refractivity contribution in [3.63, 3.8) is 0 Å². The Kier molecular flexibility index (Phi) is 5.25. The second kappa shape index (κ2) is 6.87. The van der Waals surface area contributed by atoms with Gasteiger partial charge in [0.2, 0.25) is 0 Å². The first-order valence-corrected chi connectivity index (χ1v) is 9.86. The zero-order valence-electron chi connectivity index (χ0n) is 18.3. The van der Waals surface area contributed by atoms with Crippen LogP contribution in [0.3, 0.4) is 0 Å². The van der Waals surface area contributed by atoms with E-state index in [-0.39, 0.29) is 11.2 Å². The molecule has 6 heteroatoms. The Morgan fingerprint density at radius 1 is 0.893 bits per heavy atom. The minimum absolute atomic E-state index is 0.386. The SMILES string of the molecule is CC(C)(O)C(C)(C)O[B]c1cccc2c(B3OC(C)(C)C(C)(C)O3)cccc12. The molecule has 0 bridgehead atoms. The Morgan fingerprint density at radius 2 is 1.43 bits per heavy atom. The predicted molar refractivity (Wildman–Crippen MR) is 117 cm³/mol. The fraction of sp³-hybridized carbons (Fsp3) is 0.545. The van der Waals surface area contributed by atoms with Gasteiger partial charge in [-0.1, -0.05) is 36.4 Å². The van der Waals surface area contributed by atoms with Gasteiger partial charge in [-0.15, -0.1) is 0 Å². The normalized spacial score (nSPS) is 19.2. The number of hydrogen-bond donors (Lipinski definition) is 1. The van der Waals surface area contributed by atoms with E-state index in [4.69, 9.17) is 14.0 Å². The maximum Gasteiger partial charge on any atom is 0.495 e. The van der Waals surface area contributed by atoms with Crippen LogP contribution in [0.25, 0.3) is 10.8 Å². The van der Waals surface area contributed by atoms with Crippen molar-refractivity contribution >= 4 is 36.3 Å². The van der Waals surface area contributed by atoms with Crippen LogP contribution in [0.4, 0.5) is 0 Å². The lowest BCUT2D eigenvalue weighted by atomic mass is 9.73. The zero-order chi connectivity index (χ0) is 21.0. The fourth-order valence-corrected chi connectivity index (χ4v) is 2.99. The van der Waals surface area contributed by atoms with E-state index in [0.29, 0.717) is 0 Å². The molecule has 1 heterocycles.